The van der Waals surface area contributed by atoms with Gasteiger partial charge in [0.15, 0.2) is 0 Å². The zero-order valence-corrected chi connectivity index (χ0v) is 31.0. The standard InChI is InChI=1S/C51H28N2S2/c1-2-12-34-29(10-1)25-41(36-14-4-3-13-35(34)36)32-22-31(30-11-9-21-52-28-30)23-33(24-32)53-42-26-46-48(37-15-5-7-17-44(37)54-46)39-19-20-40-49-38-16-6-8-18-45(38)55-47(49)27-43(53)51(40)50(39)42/h1-28H. The highest BCUT2D eigenvalue weighted by Gasteiger charge is 2.24. The molecule has 0 saturated carbocycles. The minimum atomic E-state index is 1.10. The summed E-state index contributed by atoms with van der Waals surface area (Å²) < 4.78 is 7.85. The number of rotatable bonds is 3. The predicted octanol–water partition coefficient (Wildman–Crippen LogP) is 15.1. The predicted molar refractivity (Wildman–Crippen MR) is 239 cm³/mol. The molecule has 0 bridgehead atoms. The number of pyridine rings is 1. The molecule has 4 heterocycles. The Balaban J connectivity index is 1.22. The highest BCUT2D eigenvalue weighted by atomic mass is 32.1. The van der Waals surface area contributed by atoms with Crippen molar-refractivity contribution in [2.24, 2.45) is 0 Å². The molecule has 0 spiro atoms. The van der Waals surface area contributed by atoms with Crippen LogP contribution in [0.2, 0.25) is 0 Å². The maximum Gasteiger partial charge on any atom is 0.0561 e. The Bertz CT molecular complexity index is 3570. The molecule has 0 aliphatic heterocycles. The van der Waals surface area contributed by atoms with Crippen LogP contribution >= 0.6 is 22.7 Å². The Morgan fingerprint density at radius 1 is 0.382 bits per heavy atom. The fourth-order valence-corrected chi connectivity index (χ4v) is 11.8. The second kappa shape index (κ2) is 11.0. The lowest BCUT2D eigenvalue weighted by Gasteiger charge is -2.16. The maximum absolute atomic E-state index is 4.58. The second-order valence-electron chi connectivity index (χ2n) is 14.7. The SMILES string of the molecule is c1cncc(-c2cc(-c3cc4ccccc4c4ccccc34)cc(-n3c4cc5sc6ccccc6c5c5ccc6c7c(cc3c6c54)sc3ccccc37)c2)c1. The van der Waals surface area contributed by atoms with Gasteiger partial charge in [-0.3, -0.25) is 4.98 Å². The summed E-state index contributed by atoms with van der Waals surface area (Å²) in [4.78, 5) is 4.58. The van der Waals surface area contributed by atoms with Gasteiger partial charge in [0.05, 0.1) is 11.0 Å². The normalized spacial score (nSPS) is 12.4. The van der Waals surface area contributed by atoms with Crippen LogP contribution in [0, 0.1) is 0 Å². The molecule has 0 amide bonds. The van der Waals surface area contributed by atoms with Gasteiger partial charge in [0, 0.05) is 74.8 Å². The van der Waals surface area contributed by atoms with Gasteiger partial charge in [0.2, 0.25) is 0 Å². The first-order chi connectivity index (χ1) is 27.3. The van der Waals surface area contributed by atoms with Crippen LogP contribution < -0.4 is 0 Å². The van der Waals surface area contributed by atoms with E-state index in [1.54, 1.807) is 0 Å². The molecular formula is C51H28N2S2. The molecule has 2 nitrogen and oxygen atoms in total. The van der Waals surface area contributed by atoms with Gasteiger partial charge < -0.3 is 4.57 Å². The van der Waals surface area contributed by atoms with Gasteiger partial charge in [0.25, 0.3) is 0 Å². The average Bonchev–Trinajstić information content (AvgIpc) is 3.92. The Labute approximate surface area is 323 Å². The van der Waals surface area contributed by atoms with Crippen molar-refractivity contribution in [3.63, 3.8) is 0 Å². The molecule has 13 aromatic rings. The molecule has 254 valence electrons. The largest absolute Gasteiger partial charge is 0.309 e. The lowest BCUT2D eigenvalue weighted by atomic mass is 9.91. The molecule has 0 atom stereocenters. The van der Waals surface area contributed by atoms with E-state index in [9.17, 15) is 0 Å². The van der Waals surface area contributed by atoms with E-state index in [4.69, 9.17) is 0 Å². The molecule has 0 saturated heterocycles. The lowest BCUT2D eigenvalue weighted by molar-refractivity contribution is 1.18. The van der Waals surface area contributed by atoms with Crippen LogP contribution in [0.4, 0.5) is 0 Å². The number of hydrogen-bond acceptors (Lipinski definition) is 3. The van der Waals surface area contributed by atoms with E-state index in [1.807, 2.05) is 41.1 Å². The summed E-state index contributed by atoms with van der Waals surface area (Å²) in [6.45, 7) is 0. The average molecular weight is 733 g/mol. The van der Waals surface area contributed by atoms with Gasteiger partial charge in [-0.05, 0) is 104 Å². The molecule has 9 aromatic carbocycles. The van der Waals surface area contributed by atoms with Crippen molar-refractivity contribution in [1.82, 2.24) is 9.55 Å². The lowest BCUT2D eigenvalue weighted by Crippen LogP contribution is -1.96. The summed E-state index contributed by atoms with van der Waals surface area (Å²) in [5.74, 6) is 0. The highest BCUT2D eigenvalue weighted by Crippen LogP contribution is 2.50. The van der Waals surface area contributed by atoms with Crippen molar-refractivity contribution in [3.8, 4) is 27.9 Å². The summed E-state index contributed by atoms with van der Waals surface area (Å²) in [6, 6.07) is 58.9. The molecule has 4 aromatic heterocycles. The molecule has 0 N–H and O–H groups in total. The number of hydrogen-bond donors (Lipinski definition) is 0. The topological polar surface area (TPSA) is 17.8 Å². The van der Waals surface area contributed by atoms with Gasteiger partial charge in [-0.1, -0.05) is 103 Å². The van der Waals surface area contributed by atoms with Crippen molar-refractivity contribution >= 4 is 117 Å². The third kappa shape index (κ3) is 4.10. The monoisotopic (exact) mass is 732 g/mol. The van der Waals surface area contributed by atoms with Gasteiger partial charge >= 0.3 is 0 Å². The molecular weight excluding hydrogens is 705 g/mol. The Morgan fingerprint density at radius 3 is 1.62 bits per heavy atom. The van der Waals surface area contributed by atoms with Gasteiger partial charge in [0.1, 0.15) is 0 Å². The summed E-state index contributed by atoms with van der Waals surface area (Å²) in [5, 5.41) is 15.7. The Kier molecular flexibility index (Phi) is 5.96. The smallest absolute Gasteiger partial charge is 0.0561 e. The minimum Gasteiger partial charge on any atom is -0.309 e. The first-order valence-corrected chi connectivity index (χ1v) is 20.3. The van der Waals surface area contributed by atoms with E-state index in [0.29, 0.717) is 0 Å². The highest BCUT2D eigenvalue weighted by molar-refractivity contribution is 7.26. The van der Waals surface area contributed by atoms with Crippen LogP contribution in [0.15, 0.2) is 170 Å². The Hall–Kier alpha value is -6.59. The van der Waals surface area contributed by atoms with Crippen molar-refractivity contribution in [3.05, 3.63) is 170 Å². The molecule has 4 heteroatoms. The molecule has 0 unspecified atom stereocenters. The van der Waals surface area contributed by atoms with E-state index >= 15 is 0 Å². The number of aromatic nitrogens is 2. The van der Waals surface area contributed by atoms with Crippen LogP contribution in [0.25, 0.3) is 122 Å². The van der Waals surface area contributed by atoms with Crippen molar-refractivity contribution in [2.45, 2.75) is 0 Å². The molecule has 0 fully saturated rings. The molecule has 0 radical (unpaired) electrons. The van der Waals surface area contributed by atoms with Crippen LogP contribution in [0.3, 0.4) is 0 Å². The fourth-order valence-electron chi connectivity index (χ4n) is 9.48. The maximum atomic E-state index is 4.58. The number of nitrogens with zero attached hydrogens (tertiary/aromatic N) is 2. The van der Waals surface area contributed by atoms with Gasteiger partial charge in [-0.2, -0.15) is 0 Å². The van der Waals surface area contributed by atoms with Crippen molar-refractivity contribution in [2.75, 3.05) is 0 Å². The molecule has 55 heavy (non-hydrogen) atoms. The minimum absolute atomic E-state index is 1.10. The third-order valence-electron chi connectivity index (χ3n) is 11.8. The van der Waals surface area contributed by atoms with Crippen LogP contribution in [-0.2, 0) is 0 Å². The van der Waals surface area contributed by atoms with E-state index in [0.717, 1.165) is 16.8 Å². The molecule has 13 rings (SSSR count). The first-order valence-electron chi connectivity index (χ1n) is 18.7. The Morgan fingerprint density at radius 2 is 0.964 bits per heavy atom. The zero-order valence-electron chi connectivity index (χ0n) is 29.4. The fraction of sp³-hybridized carbons (Fsp3) is 0. The van der Waals surface area contributed by atoms with Gasteiger partial charge in [-0.15, -0.1) is 22.7 Å². The summed E-state index contributed by atoms with van der Waals surface area (Å²) in [6.07, 6.45) is 3.85. The van der Waals surface area contributed by atoms with Crippen molar-refractivity contribution in [1.29, 1.82) is 0 Å². The van der Waals surface area contributed by atoms with Crippen molar-refractivity contribution < 1.29 is 0 Å². The van der Waals surface area contributed by atoms with Crippen LogP contribution in [-0.4, -0.2) is 9.55 Å². The van der Waals surface area contributed by atoms with E-state index in [2.05, 4.69) is 161 Å². The zero-order chi connectivity index (χ0) is 35.8. The quantitative estimate of drug-likeness (QED) is 0.165. The number of fused-ring (bicyclic) bond motifs is 11. The molecule has 0 aliphatic rings. The summed E-state index contributed by atoms with van der Waals surface area (Å²) in [5.41, 5.74) is 8.30. The van der Waals surface area contributed by atoms with E-state index < -0.39 is 0 Å². The molecule has 0 aliphatic carbocycles. The van der Waals surface area contributed by atoms with Crippen LogP contribution in [0.1, 0.15) is 0 Å². The second-order valence-corrected chi connectivity index (χ2v) is 16.8. The van der Waals surface area contributed by atoms with E-state index in [1.165, 1.54) is 106 Å². The summed E-state index contributed by atoms with van der Waals surface area (Å²) >= 11 is 3.79. The third-order valence-corrected chi connectivity index (χ3v) is 14.0. The van der Waals surface area contributed by atoms with E-state index in [-0.39, 0.29) is 0 Å². The number of benzene rings is 9. The summed E-state index contributed by atoms with van der Waals surface area (Å²) in [7, 11) is 0. The van der Waals surface area contributed by atoms with Crippen LogP contribution in [0.5, 0.6) is 0 Å². The number of thiophene rings is 2. The first kappa shape index (κ1) is 29.8. The van der Waals surface area contributed by atoms with Gasteiger partial charge in [-0.25, -0.2) is 0 Å².